The minimum absolute atomic E-state index is 0.0578. The number of amides is 2. The van der Waals surface area contributed by atoms with E-state index in [1.807, 2.05) is 0 Å². The third kappa shape index (κ3) is 4.53. The van der Waals surface area contributed by atoms with Gasteiger partial charge < -0.3 is 10.6 Å². The number of fused-ring (bicyclic) bond motifs is 1. The van der Waals surface area contributed by atoms with E-state index in [0.717, 1.165) is 6.42 Å². The van der Waals surface area contributed by atoms with Gasteiger partial charge in [-0.2, -0.15) is 0 Å². The first-order chi connectivity index (χ1) is 16.1. The maximum Gasteiger partial charge on any atom is 0.234 e. The summed E-state index contributed by atoms with van der Waals surface area (Å²) in [6, 6.07) is 23.0. The van der Waals surface area contributed by atoms with Crippen LogP contribution in [-0.4, -0.2) is 29.9 Å². The molecule has 168 valence electrons. The Kier molecular flexibility index (Phi) is 6.18. The molecule has 0 saturated heterocycles. The van der Waals surface area contributed by atoms with Gasteiger partial charge in [0.25, 0.3) is 0 Å². The Morgan fingerprint density at radius 2 is 1.39 bits per heavy atom. The minimum atomic E-state index is -0.350. The molecule has 1 atom stereocenters. The molecule has 0 spiro atoms. The number of carbonyl (C=O) groups excluding carboxylic acids is 2. The highest BCUT2D eigenvalue weighted by Gasteiger charge is 2.42. The number of rotatable bonds is 7. The van der Waals surface area contributed by atoms with E-state index in [1.165, 1.54) is 58.3 Å². The van der Waals surface area contributed by atoms with Gasteiger partial charge in [-0.1, -0.05) is 48.5 Å². The molecule has 0 saturated carbocycles. The number of nitrogens with one attached hydrogen (secondary N) is 2. The molecule has 3 aromatic carbocycles. The fourth-order valence-corrected chi connectivity index (χ4v) is 5.87. The molecule has 0 heterocycles. The van der Waals surface area contributed by atoms with E-state index in [4.69, 9.17) is 0 Å². The van der Waals surface area contributed by atoms with E-state index in [0.29, 0.717) is 30.0 Å². The van der Waals surface area contributed by atoms with E-state index in [2.05, 4.69) is 59.2 Å². The highest BCUT2D eigenvalue weighted by Crippen LogP contribution is 2.55. The molecule has 0 aliphatic heterocycles. The Hall–Kier alpha value is -3.12. The molecule has 3 aliphatic carbocycles. The molecule has 1 unspecified atom stereocenters. The van der Waals surface area contributed by atoms with Crippen molar-refractivity contribution in [1.29, 1.82) is 0 Å². The smallest absolute Gasteiger partial charge is 0.234 e. The Bertz CT molecular complexity index is 1130. The summed E-state index contributed by atoms with van der Waals surface area (Å²) in [7, 11) is 0. The van der Waals surface area contributed by atoms with Gasteiger partial charge in [-0.3, -0.25) is 9.59 Å². The molecule has 0 fully saturated rings. The van der Waals surface area contributed by atoms with Crippen LogP contribution in [0.25, 0.3) is 0 Å². The van der Waals surface area contributed by atoms with Gasteiger partial charge in [0.05, 0.1) is 11.5 Å². The Balaban J connectivity index is 1.14. The van der Waals surface area contributed by atoms with Crippen LogP contribution < -0.4 is 10.6 Å². The lowest BCUT2D eigenvalue weighted by Crippen LogP contribution is -2.39. The molecule has 33 heavy (non-hydrogen) atoms. The van der Waals surface area contributed by atoms with Gasteiger partial charge in [0.2, 0.25) is 11.8 Å². The number of benzene rings is 3. The van der Waals surface area contributed by atoms with Gasteiger partial charge in [-0.05, 0) is 58.9 Å². The molecular formula is C27H25FN2O2S. The van der Waals surface area contributed by atoms with E-state index in [-0.39, 0.29) is 29.1 Å². The second kappa shape index (κ2) is 9.40. The summed E-state index contributed by atoms with van der Waals surface area (Å²) in [4.78, 5) is 24.5. The van der Waals surface area contributed by atoms with Gasteiger partial charge in [-0.25, -0.2) is 4.39 Å². The average Bonchev–Trinajstić information content (AvgIpc) is 2.84. The van der Waals surface area contributed by atoms with Crippen molar-refractivity contribution in [2.75, 3.05) is 23.4 Å². The second-order valence-corrected chi connectivity index (χ2v) is 9.62. The summed E-state index contributed by atoms with van der Waals surface area (Å²) >= 11 is 1.27. The summed E-state index contributed by atoms with van der Waals surface area (Å²) in [5, 5.41) is 5.80. The lowest BCUT2D eigenvalue weighted by atomic mass is 9.59. The van der Waals surface area contributed by atoms with Crippen molar-refractivity contribution in [3.63, 3.8) is 0 Å². The van der Waals surface area contributed by atoms with Crippen LogP contribution in [0.1, 0.15) is 40.5 Å². The van der Waals surface area contributed by atoms with Gasteiger partial charge in [0.15, 0.2) is 0 Å². The van der Waals surface area contributed by atoms with Crippen molar-refractivity contribution >= 4 is 29.3 Å². The van der Waals surface area contributed by atoms with Crippen LogP contribution in [0.3, 0.4) is 0 Å². The Morgan fingerprint density at radius 1 is 0.818 bits per heavy atom. The molecule has 0 radical (unpaired) electrons. The topological polar surface area (TPSA) is 58.2 Å². The van der Waals surface area contributed by atoms with Crippen molar-refractivity contribution in [1.82, 2.24) is 5.32 Å². The number of carbonyl (C=O) groups is 2. The monoisotopic (exact) mass is 460 g/mol. The van der Waals surface area contributed by atoms with Gasteiger partial charge in [0.1, 0.15) is 5.82 Å². The zero-order valence-electron chi connectivity index (χ0n) is 18.1. The van der Waals surface area contributed by atoms with Crippen LogP contribution >= 0.6 is 11.8 Å². The third-order valence-corrected chi connectivity index (χ3v) is 7.51. The molecule has 0 aromatic heterocycles. The molecular weight excluding hydrogens is 435 g/mol. The van der Waals surface area contributed by atoms with E-state index in [1.54, 1.807) is 0 Å². The maximum atomic E-state index is 13.0. The highest BCUT2D eigenvalue weighted by atomic mass is 32.2. The molecule has 2 bridgehead atoms. The SMILES string of the molecule is O=C(CSCC(=O)Nc1ccc(F)cc1)NCC1CC2c3ccccc3C1c1ccccc12. The molecule has 2 N–H and O–H groups in total. The molecule has 6 heteroatoms. The van der Waals surface area contributed by atoms with Crippen molar-refractivity contribution in [2.45, 2.75) is 18.3 Å². The van der Waals surface area contributed by atoms with Gasteiger partial charge >= 0.3 is 0 Å². The van der Waals surface area contributed by atoms with Crippen LogP contribution in [0.15, 0.2) is 72.8 Å². The first-order valence-corrected chi connectivity index (χ1v) is 12.3. The quantitative estimate of drug-likeness (QED) is 0.527. The van der Waals surface area contributed by atoms with Crippen LogP contribution in [0.5, 0.6) is 0 Å². The molecule has 3 aromatic rings. The first kappa shape index (κ1) is 21.7. The van der Waals surface area contributed by atoms with E-state index < -0.39 is 0 Å². The molecule has 3 aliphatic rings. The zero-order chi connectivity index (χ0) is 22.8. The van der Waals surface area contributed by atoms with Crippen LogP contribution in [0.2, 0.25) is 0 Å². The number of hydrogen-bond acceptors (Lipinski definition) is 3. The standard InChI is InChI=1S/C27H25FN2O2S/c28-18-9-11-19(12-10-18)30-26(32)16-33-15-25(31)29-14-17-13-24-20-5-1-3-7-22(20)27(17)23-8-4-2-6-21(23)24/h1-12,17,24,27H,13-16H2,(H,29,31)(H,30,32). The summed E-state index contributed by atoms with van der Waals surface area (Å²) in [5.74, 6) is 0.818. The van der Waals surface area contributed by atoms with Gasteiger partial charge in [0, 0.05) is 24.1 Å². The van der Waals surface area contributed by atoms with Crippen molar-refractivity contribution < 1.29 is 14.0 Å². The second-order valence-electron chi connectivity index (χ2n) is 8.64. The normalized spacial score (nSPS) is 20.0. The van der Waals surface area contributed by atoms with Crippen LogP contribution in [0.4, 0.5) is 10.1 Å². The Labute approximate surface area is 197 Å². The fraction of sp³-hybridized carbons (Fsp3) is 0.259. The van der Waals surface area contributed by atoms with E-state index in [9.17, 15) is 14.0 Å². The summed E-state index contributed by atoms with van der Waals surface area (Å²) in [6.45, 7) is 0.630. The molecule has 6 rings (SSSR count). The average molecular weight is 461 g/mol. The molecule has 4 nitrogen and oxygen atoms in total. The zero-order valence-corrected chi connectivity index (χ0v) is 18.9. The highest BCUT2D eigenvalue weighted by molar-refractivity contribution is 8.00. The predicted octanol–water partition coefficient (Wildman–Crippen LogP) is 4.91. The molecule has 2 amide bonds. The van der Waals surface area contributed by atoms with Crippen molar-refractivity contribution in [3.8, 4) is 0 Å². The number of thioether (sulfide) groups is 1. The van der Waals surface area contributed by atoms with Crippen LogP contribution in [0, 0.1) is 11.7 Å². The summed E-state index contributed by atoms with van der Waals surface area (Å²) < 4.78 is 13.0. The maximum absolute atomic E-state index is 13.0. The Morgan fingerprint density at radius 3 is 2.03 bits per heavy atom. The number of halogens is 1. The third-order valence-electron chi connectivity index (χ3n) is 6.58. The van der Waals surface area contributed by atoms with Crippen LogP contribution in [-0.2, 0) is 9.59 Å². The van der Waals surface area contributed by atoms with E-state index >= 15 is 0 Å². The summed E-state index contributed by atoms with van der Waals surface area (Å²) in [5.41, 5.74) is 6.16. The van der Waals surface area contributed by atoms with Gasteiger partial charge in [-0.15, -0.1) is 11.8 Å². The lowest BCUT2D eigenvalue weighted by Gasteiger charge is -2.45. The minimum Gasteiger partial charge on any atom is -0.355 e. The van der Waals surface area contributed by atoms with Crippen molar-refractivity contribution in [3.05, 3.63) is 101 Å². The van der Waals surface area contributed by atoms with Crippen molar-refractivity contribution in [2.24, 2.45) is 5.92 Å². The fourth-order valence-electron chi connectivity index (χ4n) is 5.22. The first-order valence-electron chi connectivity index (χ1n) is 11.2. The number of anilines is 1. The predicted molar refractivity (Wildman–Crippen MR) is 130 cm³/mol. The lowest BCUT2D eigenvalue weighted by molar-refractivity contribution is -0.118. The number of hydrogen-bond donors (Lipinski definition) is 2. The summed E-state index contributed by atoms with van der Waals surface area (Å²) in [6.07, 6.45) is 1.03. The largest absolute Gasteiger partial charge is 0.355 e.